The molecular weight excluding hydrogens is 311 g/mol. The number of aliphatic imine (C=N–C) groups is 1. The van der Waals surface area contributed by atoms with Crippen molar-refractivity contribution in [1.82, 2.24) is 10.6 Å². The highest BCUT2D eigenvalue weighted by atomic mass is 19.4. The predicted octanol–water partition coefficient (Wildman–Crippen LogP) is 2.06. The number of halogens is 3. The molecule has 1 aliphatic rings. The van der Waals surface area contributed by atoms with Crippen LogP contribution in [0.25, 0.3) is 0 Å². The molecule has 1 atom stereocenters. The van der Waals surface area contributed by atoms with Gasteiger partial charge in [-0.15, -0.1) is 0 Å². The number of hydrogen-bond donors (Lipinski definition) is 3. The van der Waals surface area contributed by atoms with Gasteiger partial charge in [-0.25, -0.2) is 0 Å². The first kappa shape index (κ1) is 20.0. The van der Waals surface area contributed by atoms with E-state index in [0.29, 0.717) is 51.6 Å². The Kier molecular flexibility index (Phi) is 8.68. The van der Waals surface area contributed by atoms with Crippen molar-refractivity contribution in [2.24, 2.45) is 10.4 Å². The summed E-state index contributed by atoms with van der Waals surface area (Å²) in [6.45, 7) is 4.96. The number of ether oxygens (including phenoxy) is 1. The van der Waals surface area contributed by atoms with Crippen LogP contribution in [-0.2, 0) is 4.74 Å². The fourth-order valence-corrected chi connectivity index (χ4v) is 2.53. The SMILES string of the molecule is CCNC(=NCC1(CCO)CCOC1)NCCCCC(F)(F)F. The van der Waals surface area contributed by atoms with Crippen molar-refractivity contribution in [2.45, 2.75) is 45.2 Å². The van der Waals surface area contributed by atoms with E-state index in [4.69, 9.17) is 4.74 Å². The number of aliphatic hydroxyl groups is 1. The molecule has 1 fully saturated rings. The van der Waals surface area contributed by atoms with E-state index in [1.165, 1.54) is 0 Å². The van der Waals surface area contributed by atoms with E-state index in [2.05, 4.69) is 15.6 Å². The Morgan fingerprint density at radius 3 is 2.65 bits per heavy atom. The fraction of sp³-hybridized carbons (Fsp3) is 0.933. The molecule has 1 saturated heterocycles. The summed E-state index contributed by atoms with van der Waals surface area (Å²) in [6, 6.07) is 0. The molecule has 136 valence electrons. The molecule has 0 aliphatic carbocycles. The Bertz CT molecular complexity index is 356. The number of guanidine groups is 1. The highest BCUT2D eigenvalue weighted by Crippen LogP contribution is 2.32. The molecule has 3 N–H and O–H groups in total. The zero-order chi connectivity index (χ0) is 17.2. The standard InChI is InChI=1S/C15H28F3N3O2/c1-2-19-13(20-8-4-3-5-15(16,17)18)21-11-14(6-9-22)7-10-23-12-14/h22H,2-12H2,1H3,(H2,19,20,21). The molecule has 0 aromatic carbocycles. The lowest BCUT2D eigenvalue weighted by Gasteiger charge is -2.24. The number of nitrogens with zero attached hydrogens (tertiary/aromatic N) is 1. The maximum atomic E-state index is 12.1. The highest BCUT2D eigenvalue weighted by Gasteiger charge is 2.34. The van der Waals surface area contributed by atoms with Gasteiger partial charge in [-0.3, -0.25) is 4.99 Å². The first-order chi connectivity index (χ1) is 10.9. The van der Waals surface area contributed by atoms with E-state index in [1.54, 1.807) is 0 Å². The second kappa shape index (κ2) is 9.97. The van der Waals surface area contributed by atoms with Gasteiger partial charge in [0, 0.05) is 38.1 Å². The minimum absolute atomic E-state index is 0.0975. The van der Waals surface area contributed by atoms with Gasteiger partial charge in [-0.1, -0.05) is 0 Å². The van der Waals surface area contributed by atoms with Crippen LogP contribution in [0.3, 0.4) is 0 Å². The van der Waals surface area contributed by atoms with E-state index in [1.807, 2.05) is 6.92 Å². The van der Waals surface area contributed by atoms with E-state index in [0.717, 1.165) is 6.42 Å². The molecule has 1 heterocycles. The highest BCUT2D eigenvalue weighted by molar-refractivity contribution is 5.79. The van der Waals surface area contributed by atoms with Crippen LogP contribution >= 0.6 is 0 Å². The number of rotatable bonds is 9. The Hall–Kier alpha value is -1.02. The van der Waals surface area contributed by atoms with Gasteiger partial charge >= 0.3 is 6.18 Å². The largest absolute Gasteiger partial charge is 0.396 e. The molecule has 23 heavy (non-hydrogen) atoms. The molecule has 0 aromatic heterocycles. The van der Waals surface area contributed by atoms with Crippen molar-refractivity contribution in [1.29, 1.82) is 0 Å². The summed E-state index contributed by atoms with van der Waals surface area (Å²) in [7, 11) is 0. The maximum absolute atomic E-state index is 12.1. The van der Waals surface area contributed by atoms with E-state index < -0.39 is 12.6 Å². The monoisotopic (exact) mass is 339 g/mol. The second-order valence-corrected chi connectivity index (χ2v) is 5.97. The van der Waals surface area contributed by atoms with Crippen molar-refractivity contribution < 1.29 is 23.0 Å². The topological polar surface area (TPSA) is 65.9 Å². The number of aliphatic hydroxyl groups excluding tert-OH is 1. The van der Waals surface area contributed by atoms with Crippen LogP contribution in [0.15, 0.2) is 4.99 Å². The van der Waals surface area contributed by atoms with Gasteiger partial charge in [0.25, 0.3) is 0 Å². The summed E-state index contributed by atoms with van der Waals surface area (Å²) in [5, 5.41) is 15.3. The summed E-state index contributed by atoms with van der Waals surface area (Å²) >= 11 is 0. The summed E-state index contributed by atoms with van der Waals surface area (Å²) < 4.78 is 41.7. The molecule has 8 heteroatoms. The van der Waals surface area contributed by atoms with Crippen molar-refractivity contribution >= 4 is 5.96 Å². The number of alkyl halides is 3. The third-order valence-corrected chi connectivity index (χ3v) is 3.92. The first-order valence-corrected chi connectivity index (χ1v) is 8.18. The molecule has 0 spiro atoms. The quantitative estimate of drug-likeness (QED) is 0.342. The molecule has 1 unspecified atom stereocenters. The van der Waals surface area contributed by atoms with Crippen molar-refractivity contribution in [3.63, 3.8) is 0 Å². The first-order valence-electron chi connectivity index (χ1n) is 8.18. The molecule has 0 aromatic rings. The normalized spacial score (nSPS) is 22.4. The van der Waals surface area contributed by atoms with Crippen LogP contribution in [-0.4, -0.2) is 56.7 Å². The third-order valence-electron chi connectivity index (χ3n) is 3.92. The maximum Gasteiger partial charge on any atom is 0.389 e. The third kappa shape index (κ3) is 8.41. The lowest BCUT2D eigenvalue weighted by molar-refractivity contribution is -0.135. The minimum Gasteiger partial charge on any atom is -0.396 e. The van der Waals surface area contributed by atoms with Gasteiger partial charge in [0.2, 0.25) is 0 Å². The molecular formula is C15H28F3N3O2. The van der Waals surface area contributed by atoms with Crippen molar-refractivity contribution in [3.05, 3.63) is 0 Å². The Morgan fingerprint density at radius 2 is 2.09 bits per heavy atom. The van der Waals surface area contributed by atoms with Gasteiger partial charge in [-0.05, 0) is 32.6 Å². The molecule has 0 saturated carbocycles. The molecule has 0 bridgehead atoms. The molecule has 0 amide bonds. The van der Waals surface area contributed by atoms with Crippen LogP contribution in [0.1, 0.15) is 39.0 Å². The molecule has 5 nitrogen and oxygen atoms in total. The fourth-order valence-electron chi connectivity index (χ4n) is 2.53. The Labute approximate surface area is 135 Å². The smallest absolute Gasteiger partial charge is 0.389 e. The Balaban J connectivity index is 2.40. The average molecular weight is 339 g/mol. The van der Waals surface area contributed by atoms with Crippen LogP contribution in [0.5, 0.6) is 0 Å². The lowest BCUT2D eigenvalue weighted by Crippen LogP contribution is -2.39. The summed E-state index contributed by atoms with van der Waals surface area (Å²) in [5.74, 6) is 0.601. The predicted molar refractivity (Wildman–Crippen MR) is 83.5 cm³/mol. The van der Waals surface area contributed by atoms with Crippen LogP contribution in [0.4, 0.5) is 13.2 Å². The summed E-state index contributed by atoms with van der Waals surface area (Å²) in [6.07, 6.45) is -2.78. The summed E-state index contributed by atoms with van der Waals surface area (Å²) in [5.41, 5.74) is -0.132. The minimum atomic E-state index is -4.09. The van der Waals surface area contributed by atoms with Gasteiger partial charge in [-0.2, -0.15) is 13.2 Å². The van der Waals surface area contributed by atoms with Crippen LogP contribution < -0.4 is 10.6 Å². The summed E-state index contributed by atoms with van der Waals surface area (Å²) in [4.78, 5) is 4.51. The van der Waals surface area contributed by atoms with Gasteiger partial charge in [0.1, 0.15) is 0 Å². The van der Waals surface area contributed by atoms with Gasteiger partial charge in [0.15, 0.2) is 5.96 Å². The van der Waals surface area contributed by atoms with E-state index in [9.17, 15) is 18.3 Å². The second-order valence-electron chi connectivity index (χ2n) is 5.97. The molecule has 1 rings (SSSR count). The van der Waals surface area contributed by atoms with Gasteiger partial charge < -0.3 is 20.5 Å². The van der Waals surface area contributed by atoms with E-state index in [-0.39, 0.29) is 18.4 Å². The molecule has 0 radical (unpaired) electrons. The zero-order valence-electron chi connectivity index (χ0n) is 13.7. The Morgan fingerprint density at radius 1 is 1.30 bits per heavy atom. The lowest BCUT2D eigenvalue weighted by atomic mass is 9.84. The number of hydrogen-bond acceptors (Lipinski definition) is 3. The van der Waals surface area contributed by atoms with Gasteiger partial charge in [0.05, 0.1) is 13.2 Å². The van der Waals surface area contributed by atoms with E-state index >= 15 is 0 Å². The van der Waals surface area contributed by atoms with Crippen molar-refractivity contribution in [3.8, 4) is 0 Å². The van der Waals surface area contributed by atoms with Crippen molar-refractivity contribution in [2.75, 3.05) is 39.5 Å². The van der Waals surface area contributed by atoms with Crippen LogP contribution in [0.2, 0.25) is 0 Å². The van der Waals surface area contributed by atoms with Crippen LogP contribution in [0, 0.1) is 5.41 Å². The molecule has 1 aliphatic heterocycles. The zero-order valence-corrected chi connectivity index (χ0v) is 13.7. The number of nitrogens with one attached hydrogen (secondary N) is 2. The number of unbranched alkanes of at least 4 members (excludes halogenated alkanes) is 1. The average Bonchev–Trinajstić information content (AvgIpc) is 2.92.